The monoisotopic (exact) mass is 493 g/mol. The molecule has 0 spiro atoms. The Morgan fingerprint density at radius 1 is 0.857 bits per heavy atom. The number of halogens is 1. The Balaban J connectivity index is 1.55. The summed E-state index contributed by atoms with van der Waals surface area (Å²) < 4.78 is 24.2. The van der Waals surface area contributed by atoms with E-state index in [9.17, 15) is 18.8 Å². The number of amides is 2. The maximum Gasteiger partial charge on any atom is 0.342 e. The lowest BCUT2D eigenvalue weighted by molar-refractivity contribution is -0.119. The number of nitrogens with zero attached hydrogens (tertiary/aromatic N) is 1. The summed E-state index contributed by atoms with van der Waals surface area (Å²) >= 11 is 1.27. The molecule has 35 heavy (non-hydrogen) atoms. The van der Waals surface area contributed by atoms with Crippen LogP contribution in [0.1, 0.15) is 10.4 Å². The van der Waals surface area contributed by atoms with E-state index in [0.29, 0.717) is 10.6 Å². The zero-order valence-corrected chi connectivity index (χ0v) is 19.1. The van der Waals surface area contributed by atoms with Gasteiger partial charge in [-0.15, -0.1) is 11.8 Å². The number of para-hydroxylation sites is 3. The lowest BCUT2D eigenvalue weighted by Gasteiger charge is -2.12. The average molecular weight is 494 g/mol. The second-order valence-corrected chi connectivity index (χ2v) is 7.90. The molecule has 0 heterocycles. The highest BCUT2D eigenvalue weighted by Gasteiger charge is 2.17. The molecular formula is C25H20FN3O5S. The van der Waals surface area contributed by atoms with Crippen LogP contribution < -0.4 is 15.4 Å². The largest absolute Gasteiger partial charge is 0.483 e. The number of esters is 1. The van der Waals surface area contributed by atoms with Crippen LogP contribution in [0.5, 0.6) is 5.75 Å². The van der Waals surface area contributed by atoms with Gasteiger partial charge in [0.25, 0.3) is 11.8 Å². The molecule has 3 rings (SSSR count). The Morgan fingerprint density at radius 3 is 2.26 bits per heavy atom. The van der Waals surface area contributed by atoms with Crippen LogP contribution in [0.15, 0.2) is 77.7 Å². The summed E-state index contributed by atoms with van der Waals surface area (Å²) in [5.74, 6) is -2.31. The van der Waals surface area contributed by atoms with Gasteiger partial charge in [0.1, 0.15) is 17.1 Å². The first-order chi connectivity index (χ1) is 17.0. The molecule has 0 aromatic heterocycles. The molecule has 8 nitrogen and oxygen atoms in total. The van der Waals surface area contributed by atoms with Crippen molar-refractivity contribution in [1.82, 2.24) is 0 Å². The van der Waals surface area contributed by atoms with Gasteiger partial charge in [-0.3, -0.25) is 9.59 Å². The molecule has 0 aliphatic carbocycles. The molecule has 3 aromatic carbocycles. The molecule has 0 bridgehead atoms. The van der Waals surface area contributed by atoms with Gasteiger partial charge in [0.2, 0.25) is 0 Å². The topological polar surface area (TPSA) is 118 Å². The van der Waals surface area contributed by atoms with Crippen LogP contribution in [0.2, 0.25) is 0 Å². The van der Waals surface area contributed by atoms with Crippen molar-refractivity contribution in [2.24, 2.45) is 0 Å². The second-order valence-electron chi connectivity index (χ2n) is 6.88. The van der Waals surface area contributed by atoms with E-state index in [2.05, 4.69) is 10.6 Å². The van der Waals surface area contributed by atoms with E-state index in [1.807, 2.05) is 6.07 Å². The number of anilines is 2. The molecule has 0 saturated heterocycles. The normalized spacial score (nSPS) is 10.1. The highest BCUT2D eigenvalue weighted by atomic mass is 32.2. The predicted molar refractivity (Wildman–Crippen MR) is 129 cm³/mol. The molecule has 0 radical (unpaired) electrons. The van der Waals surface area contributed by atoms with Gasteiger partial charge in [0, 0.05) is 4.90 Å². The number of ether oxygens (including phenoxy) is 2. The number of carbonyl (C=O) groups excluding carboxylic acids is 3. The summed E-state index contributed by atoms with van der Waals surface area (Å²) in [7, 11) is 0. The van der Waals surface area contributed by atoms with Crippen molar-refractivity contribution in [3.05, 3.63) is 84.2 Å². The lowest BCUT2D eigenvalue weighted by atomic mass is 10.2. The van der Waals surface area contributed by atoms with Crippen molar-refractivity contribution in [3.8, 4) is 11.8 Å². The third kappa shape index (κ3) is 7.58. The first-order valence-electron chi connectivity index (χ1n) is 10.3. The Hall–Kier alpha value is -4.36. The zero-order valence-electron chi connectivity index (χ0n) is 18.3. The lowest BCUT2D eigenvalue weighted by Crippen LogP contribution is -2.23. The van der Waals surface area contributed by atoms with Crippen LogP contribution >= 0.6 is 11.8 Å². The number of nitrogens with one attached hydrogen (secondary N) is 2. The number of carbonyl (C=O) groups is 3. The van der Waals surface area contributed by atoms with E-state index in [1.165, 1.54) is 42.1 Å². The number of thioether (sulfide) groups is 1. The smallest absolute Gasteiger partial charge is 0.342 e. The zero-order chi connectivity index (χ0) is 25.0. The fourth-order valence-corrected chi connectivity index (χ4v) is 3.52. The van der Waals surface area contributed by atoms with E-state index in [-0.39, 0.29) is 22.8 Å². The molecule has 0 saturated carbocycles. The van der Waals surface area contributed by atoms with Crippen LogP contribution in [0, 0.1) is 17.1 Å². The average Bonchev–Trinajstić information content (AvgIpc) is 2.87. The van der Waals surface area contributed by atoms with Crippen LogP contribution in [-0.2, 0) is 14.3 Å². The summed E-state index contributed by atoms with van der Waals surface area (Å²) in [4.78, 5) is 37.7. The van der Waals surface area contributed by atoms with Crippen LogP contribution in [0.4, 0.5) is 15.8 Å². The van der Waals surface area contributed by atoms with Crippen LogP contribution in [0.25, 0.3) is 0 Å². The SMILES string of the molecule is N#CCSc1ccccc1NC(=O)COC(=O)c1ccccc1OCC(=O)Nc1ccccc1F. The molecule has 0 fully saturated rings. The van der Waals surface area contributed by atoms with Gasteiger partial charge in [-0.05, 0) is 36.4 Å². The summed E-state index contributed by atoms with van der Waals surface area (Å²) in [5.41, 5.74) is 0.523. The maximum absolute atomic E-state index is 13.7. The molecule has 0 aliphatic heterocycles. The summed E-state index contributed by atoms with van der Waals surface area (Å²) in [5, 5.41) is 13.8. The molecule has 3 aromatic rings. The van der Waals surface area contributed by atoms with Crippen molar-refractivity contribution >= 4 is 40.9 Å². The van der Waals surface area contributed by atoms with Crippen LogP contribution in [-0.4, -0.2) is 36.8 Å². The molecule has 10 heteroatoms. The van der Waals surface area contributed by atoms with Crippen molar-refractivity contribution < 1.29 is 28.2 Å². The standard InChI is InChI=1S/C25H20FN3O5S/c26-18-8-2-3-9-19(18)28-23(30)15-33-21-11-5-1-7-17(21)25(32)34-16-24(31)29-20-10-4-6-12-22(20)35-14-13-27/h1-12H,14-16H2,(H,28,30)(H,29,31). The summed E-state index contributed by atoms with van der Waals surface area (Å²) in [6, 6.07) is 20.7. The first-order valence-corrected chi connectivity index (χ1v) is 11.3. The minimum absolute atomic E-state index is 0.00686. The Labute approximate surface area is 205 Å². The number of hydrogen-bond acceptors (Lipinski definition) is 7. The minimum Gasteiger partial charge on any atom is -0.483 e. The Morgan fingerprint density at radius 2 is 1.49 bits per heavy atom. The van der Waals surface area contributed by atoms with Gasteiger partial charge in [-0.2, -0.15) is 5.26 Å². The fourth-order valence-electron chi connectivity index (χ4n) is 2.85. The van der Waals surface area contributed by atoms with E-state index >= 15 is 0 Å². The minimum atomic E-state index is -0.822. The van der Waals surface area contributed by atoms with Gasteiger partial charge in [0.15, 0.2) is 13.2 Å². The third-order valence-corrected chi connectivity index (χ3v) is 5.34. The summed E-state index contributed by atoms with van der Waals surface area (Å²) in [6.07, 6.45) is 0. The molecule has 0 unspecified atom stereocenters. The molecule has 0 atom stereocenters. The van der Waals surface area contributed by atoms with Crippen molar-refractivity contribution in [3.63, 3.8) is 0 Å². The number of nitriles is 1. The molecule has 2 N–H and O–H groups in total. The van der Waals surface area contributed by atoms with Crippen LogP contribution in [0.3, 0.4) is 0 Å². The van der Waals surface area contributed by atoms with E-state index < -0.39 is 36.8 Å². The number of benzene rings is 3. The number of hydrogen-bond donors (Lipinski definition) is 2. The first kappa shape index (κ1) is 25.3. The molecule has 0 aliphatic rings. The molecule has 2 amide bonds. The summed E-state index contributed by atoms with van der Waals surface area (Å²) in [6.45, 7) is -1.03. The number of rotatable bonds is 10. The highest BCUT2D eigenvalue weighted by Crippen LogP contribution is 2.26. The van der Waals surface area contributed by atoms with Gasteiger partial charge in [0.05, 0.1) is 23.2 Å². The van der Waals surface area contributed by atoms with Gasteiger partial charge >= 0.3 is 5.97 Å². The van der Waals surface area contributed by atoms with Gasteiger partial charge in [-0.25, -0.2) is 9.18 Å². The van der Waals surface area contributed by atoms with Gasteiger partial charge in [-0.1, -0.05) is 36.4 Å². The van der Waals surface area contributed by atoms with Crippen molar-refractivity contribution in [1.29, 1.82) is 5.26 Å². The van der Waals surface area contributed by atoms with E-state index in [0.717, 1.165) is 0 Å². The molecular weight excluding hydrogens is 473 g/mol. The Bertz CT molecular complexity index is 1260. The van der Waals surface area contributed by atoms with Crippen molar-refractivity contribution in [2.45, 2.75) is 4.90 Å². The highest BCUT2D eigenvalue weighted by molar-refractivity contribution is 7.99. The van der Waals surface area contributed by atoms with E-state index in [1.54, 1.807) is 42.5 Å². The van der Waals surface area contributed by atoms with Crippen molar-refractivity contribution in [2.75, 3.05) is 29.6 Å². The van der Waals surface area contributed by atoms with Gasteiger partial charge < -0.3 is 20.1 Å². The Kier molecular flexibility index (Phi) is 9.22. The maximum atomic E-state index is 13.7. The predicted octanol–water partition coefficient (Wildman–Crippen LogP) is 4.25. The molecule has 178 valence electrons. The van der Waals surface area contributed by atoms with E-state index in [4.69, 9.17) is 14.7 Å². The third-order valence-electron chi connectivity index (χ3n) is 4.40. The quantitative estimate of drug-likeness (QED) is 0.320. The fraction of sp³-hybridized carbons (Fsp3) is 0.120. The second kappa shape index (κ2) is 12.8.